The minimum absolute atomic E-state index is 0.0774. The molecule has 148 valence electrons. The smallest absolute Gasteiger partial charge is 0.264 e. The van der Waals surface area contributed by atoms with Crippen LogP contribution in [0, 0.1) is 6.92 Å². The molecular formula is C22H26N2O3S. The highest BCUT2D eigenvalue weighted by atomic mass is 32.2. The lowest BCUT2D eigenvalue weighted by Crippen LogP contribution is -2.35. The van der Waals surface area contributed by atoms with Gasteiger partial charge in [0.05, 0.1) is 10.6 Å². The molecule has 0 saturated heterocycles. The number of amides is 1. The molecule has 0 aromatic heterocycles. The highest BCUT2D eigenvalue weighted by Gasteiger charge is 2.34. The van der Waals surface area contributed by atoms with Crippen LogP contribution in [0.25, 0.3) is 11.1 Å². The van der Waals surface area contributed by atoms with Gasteiger partial charge in [0.2, 0.25) is 0 Å². The van der Waals surface area contributed by atoms with Gasteiger partial charge in [0.1, 0.15) is 0 Å². The van der Waals surface area contributed by atoms with Crippen molar-refractivity contribution in [2.45, 2.75) is 56.4 Å². The van der Waals surface area contributed by atoms with Crippen molar-refractivity contribution < 1.29 is 13.2 Å². The van der Waals surface area contributed by atoms with Crippen LogP contribution in [0.2, 0.25) is 0 Å². The van der Waals surface area contributed by atoms with Crippen molar-refractivity contribution in [3.8, 4) is 11.1 Å². The van der Waals surface area contributed by atoms with Gasteiger partial charge < -0.3 is 5.32 Å². The molecule has 1 amide bonds. The van der Waals surface area contributed by atoms with Gasteiger partial charge in [0, 0.05) is 29.8 Å². The first kappa shape index (κ1) is 19.0. The molecule has 2 aliphatic rings. The van der Waals surface area contributed by atoms with E-state index in [1.54, 1.807) is 25.2 Å². The summed E-state index contributed by atoms with van der Waals surface area (Å²) >= 11 is 0. The second kappa shape index (κ2) is 7.24. The zero-order valence-corrected chi connectivity index (χ0v) is 17.2. The van der Waals surface area contributed by atoms with Gasteiger partial charge in [-0.1, -0.05) is 43.9 Å². The fourth-order valence-corrected chi connectivity index (χ4v) is 5.89. The summed E-state index contributed by atoms with van der Waals surface area (Å²) in [4.78, 5) is 13.2. The van der Waals surface area contributed by atoms with Crippen molar-refractivity contribution in [3.05, 3.63) is 47.5 Å². The van der Waals surface area contributed by atoms with Crippen molar-refractivity contribution in [1.82, 2.24) is 5.32 Å². The number of hydrogen-bond donors (Lipinski definition) is 1. The van der Waals surface area contributed by atoms with Gasteiger partial charge >= 0.3 is 0 Å². The standard InChI is InChI=1S/C22H26N2O3S/c1-15-13-16(22(25)23-17-9-5-3-4-6-10-17)14-19-18-11-7-8-12-20(18)28(26,27)24(2)21(15)19/h7-8,11-14,17H,3-6,9-10H2,1-2H3,(H,23,25). The molecule has 2 aromatic carbocycles. The van der Waals surface area contributed by atoms with Crippen LogP contribution in [-0.2, 0) is 10.0 Å². The Morgan fingerprint density at radius 1 is 1.04 bits per heavy atom. The molecule has 0 atom stereocenters. The molecule has 1 aliphatic heterocycles. The number of carbonyl (C=O) groups excluding carboxylic acids is 1. The number of hydrogen-bond acceptors (Lipinski definition) is 3. The van der Waals surface area contributed by atoms with Gasteiger partial charge in [0.25, 0.3) is 15.9 Å². The molecule has 1 heterocycles. The van der Waals surface area contributed by atoms with Crippen molar-refractivity contribution >= 4 is 21.6 Å². The first-order valence-electron chi connectivity index (χ1n) is 9.93. The van der Waals surface area contributed by atoms with E-state index < -0.39 is 10.0 Å². The van der Waals surface area contributed by atoms with Crippen LogP contribution < -0.4 is 9.62 Å². The summed E-state index contributed by atoms with van der Waals surface area (Å²) < 4.78 is 27.1. The summed E-state index contributed by atoms with van der Waals surface area (Å²) in [6.07, 6.45) is 6.84. The minimum atomic E-state index is -3.58. The summed E-state index contributed by atoms with van der Waals surface area (Å²) in [7, 11) is -2.01. The Hall–Kier alpha value is -2.34. The number of benzene rings is 2. The van der Waals surface area contributed by atoms with Gasteiger partial charge in [-0.25, -0.2) is 8.42 Å². The molecule has 1 aliphatic carbocycles. The van der Waals surface area contributed by atoms with Crippen LogP contribution in [-0.4, -0.2) is 27.4 Å². The van der Waals surface area contributed by atoms with E-state index in [-0.39, 0.29) is 16.8 Å². The van der Waals surface area contributed by atoms with Crippen molar-refractivity contribution in [2.24, 2.45) is 0 Å². The van der Waals surface area contributed by atoms with E-state index in [4.69, 9.17) is 0 Å². The molecule has 4 rings (SSSR count). The van der Waals surface area contributed by atoms with Gasteiger partial charge in [0.15, 0.2) is 0 Å². The average Bonchev–Trinajstić information content (AvgIpc) is 2.94. The van der Waals surface area contributed by atoms with Crippen LogP contribution in [0.15, 0.2) is 41.3 Å². The molecule has 1 N–H and O–H groups in total. The van der Waals surface area contributed by atoms with Crippen LogP contribution >= 0.6 is 0 Å². The Balaban J connectivity index is 1.75. The predicted molar refractivity (Wildman–Crippen MR) is 111 cm³/mol. The van der Waals surface area contributed by atoms with Gasteiger partial charge in [-0.3, -0.25) is 9.10 Å². The van der Waals surface area contributed by atoms with Crippen LogP contribution in [0.4, 0.5) is 5.69 Å². The molecule has 1 saturated carbocycles. The average molecular weight is 399 g/mol. The molecule has 1 fully saturated rings. The third kappa shape index (κ3) is 3.20. The number of rotatable bonds is 2. The first-order chi connectivity index (χ1) is 13.4. The number of carbonyl (C=O) groups is 1. The maximum absolute atomic E-state index is 12.9. The fourth-order valence-electron chi connectivity index (χ4n) is 4.41. The van der Waals surface area contributed by atoms with Crippen molar-refractivity contribution in [3.63, 3.8) is 0 Å². The number of sulfonamides is 1. The predicted octanol–water partition coefficient (Wildman–Crippen LogP) is 4.25. The Bertz CT molecular complexity index is 1020. The number of aryl methyl sites for hydroxylation is 1. The van der Waals surface area contributed by atoms with E-state index in [0.717, 1.165) is 36.8 Å². The maximum atomic E-state index is 12.9. The Morgan fingerprint density at radius 3 is 2.43 bits per heavy atom. The van der Waals surface area contributed by atoms with Gasteiger partial charge in [-0.15, -0.1) is 0 Å². The number of anilines is 1. The van der Waals surface area contributed by atoms with E-state index in [2.05, 4.69) is 5.32 Å². The van der Waals surface area contributed by atoms with Crippen LogP contribution in [0.5, 0.6) is 0 Å². The molecule has 6 heteroatoms. The SMILES string of the molecule is Cc1cc(C(=O)NC2CCCCCC2)cc2c1N(C)S(=O)(=O)c1ccccc1-2. The highest BCUT2D eigenvalue weighted by molar-refractivity contribution is 7.93. The molecule has 0 spiro atoms. The fraction of sp³-hybridized carbons (Fsp3) is 0.409. The largest absolute Gasteiger partial charge is 0.349 e. The lowest BCUT2D eigenvalue weighted by atomic mass is 9.96. The molecule has 0 bridgehead atoms. The lowest BCUT2D eigenvalue weighted by Gasteiger charge is -2.31. The molecule has 28 heavy (non-hydrogen) atoms. The third-order valence-corrected chi connectivity index (χ3v) is 7.70. The molecular weight excluding hydrogens is 372 g/mol. The lowest BCUT2D eigenvalue weighted by molar-refractivity contribution is 0.0933. The summed E-state index contributed by atoms with van der Waals surface area (Å²) in [5.41, 5.74) is 3.46. The van der Waals surface area contributed by atoms with Gasteiger partial charge in [-0.05, 0) is 43.5 Å². The monoisotopic (exact) mass is 398 g/mol. The zero-order valence-electron chi connectivity index (χ0n) is 16.4. The van der Waals surface area contributed by atoms with E-state index in [9.17, 15) is 13.2 Å². The molecule has 0 unspecified atom stereocenters. The second-order valence-electron chi connectivity index (χ2n) is 7.82. The normalized spacial score (nSPS) is 18.7. The number of nitrogens with zero attached hydrogens (tertiary/aromatic N) is 1. The Morgan fingerprint density at radius 2 is 1.71 bits per heavy atom. The maximum Gasteiger partial charge on any atom is 0.264 e. The summed E-state index contributed by atoms with van der Waals surface area (Å²) in [5, 5.41) is 3.19. The topological polar surface area (TPSA) is 66.5 Å². The molecule has 0 radical (unpaired) electrons. The zero-order chi connectivity index (χ0) is 19.9. The number of nitrogens with one attached hydrogen (secondary N) is 1. The van der Waals surface area contributed by atoms with Crippen molar-refractivity contribution in [1.29, 1.82) is 0 Å². The van der Waals surface area contributed by atoms with E-state index in [1.165, 1.54) is 17.1 Å². The summed E-state index contributed by atoms with van der Waals surface area (Å²) in [6.45, 7) is 1.86. The van der Waals surface area contributed by atoms with E-state index in [0.29, 0.717) is 16.8 Å². The highest BCUT2D eigenvalue weighted by Crippen LogP contribution is 2.44. The first-order valence-corrected chi connectivity index (χ1v) is 11.4. The van der Waals surface area contributed by atoms with E-state index >= 15 is 0 Å². The van der Waals surface area contributed by atoms with Gasteiger partial charge in [-0.2, -0.15) is 0 Å². The van der Waals surface area contributed by atoms with Crippen molar-refractivity contribution in [2.75, 3.05) is 11.4 Å². The minimum Gasteiger partial charge on any atom is -0.349 e. The second-order valence-corrected chi connectivity index (χ2v) is 9.76. The van der Waals surface area contributed by atoms with E-state index in [1.807, 2.05) is 25.1 Å². The quantitative estimate of drug-likeness (QED) is 0.769. The Kier molecular flexibility index (Phi) is 4.91. The third-order valence-electron chi connectivity index (χ3n) is 5.88. The molecule has 2 aromatic rings. The summed E-state index contributed by atoms with van der Waals surface area (Å²) in [6, 6.07) is 10.8. The van der Waals surface area contributed by atoms with Crippen LogP contribution in [0.3, 0.4) is 0 Å². The number of fused-ring (bicyclic) bond motifs is 3. The van der Waals surface area contributed by atoms with Crippen LogP contribution in [0.1, 0.15) is 54.4 Å². The summed E-state index contributed by atoms with van der Waals surface area (Å²) in [5.74, 6) is -0.0774. The molecule has 5 nitrogen and oxygen atoms in total. The Labute approximate surface area is 166 Å².